The summed E-state index contributed by atoms with van der Waals surface area (Å²) < 4.78 is 2.17. The fourth-order valence-corrected chi connectivity index (χ4v) is 2.23. The van der Waals surface area contributed by atoms with Crippen LogP contribution < -0.4 is 0 Å². The molecular formula is C12H19N3O. The maximum Gasteiger partial charge on any atom is 0.123 e. The van der Waals surface area contributed by atoms with Crippen LogP contribution in [-0.2, 0) is 17.9 Å². The summed E-state index contributed by atoms with van der Waals surface area (Å²) in [4.78, 5) is 17.4. The number of hydrogen-bond donors (Lipinski definition) is 0. The topological polar surface area (TPSA) is 38.1 Å². The van der Waals surface area contributed by atoms with Gasteiger partial charge in [-0.05, 0) is 32.9 Å². The molecule has 0 atom stereocenters. The summed E-state index contributed by atoms with van der Waals surface area (Å²) in [5.41, 5.74) is 0. The molecule has 1 fully saturated rings. The Bertz CT molecular complexity index is 340. The highest BCUT2D eigenvalue weighted by Gasteiger charge is 2.19. The molecule has 16 heavy (non-hydrogen) atoms. The Labute approximate surface area is 96.3 Å². The zero-order valence-corrected chi connectivity index (χ0v) is 9.80. The average molecular weight is 221 g/mol. The van der Waals surface area contributed by atoms with Crippen LogP contribution in [0.2, 0.25) is 0 Å². The van der Waals surface area contributed by atoms with Gasteiger partial charge in [-0.3, -0.25) is 4.90 Å². The molecule has 2 heterocycles. The second-order valence-corrected chi connectivity index (χ2v) is 4.38. The number of imidazole rings is 1. The molecule has 1 saturated heterocycles. The number of aromatic nitrogens is 2. The Morgan fingerprint density at radius 3 is 2.88 bits per heavy atom. The van der Waals surface area contributed by atoms with E-state index in [0.717, 1.165) is 51.1 Å². The molecule has 1 aliphatic rings. The lowest BCUT2D eigenvalue weighted by Gasteiger charge is -2.29. The van der Waals surface area contributed by atoms with Crippen molar-refractivity contribution in [3.05, 3.63) is 18.2 Å². The van der Waals surface area contributed by atoms with Crippen LogP contribution in [0.1, 0.15) is 25.6 Å². The summed E-state index contributed by atoms with van der Waals surface area (Å²) in [6.45, 7) is 6.04. The van der Waals surface area contributed by atoms with Gasteiger partial charge in [0.25, 0.3) is 0 Å². The maximum absolute atomic E-state index is 10.6. The smallest absolute Gasteiger partial charge is 0.123 e. The van der Waals surface area contributed by atoms with Gasteiger partial charge in [0, 0.05) is 24.9 Å². The molecule has 0 spiro atoms. The van der Waals surface area contributed by atoms with E-state index in [4.69, 9.17) is 0 Å². The molecule has 4 nitrogen and oxygen atoms in total. The third-order valence-electron chi connectivity index (χ3n) is 3.33. The monoisotopic (exact) mass is 221 g/mol. The lowest BCUT2D eigenvalue weighted by Crippen LogP contribution is -2.34. The SMILES string of the molecule is CCn1ccnc1CN1CCC(C=O)CC1. The first-order valence-corrected chi connectivity index (χ1v) is 6.01. The first kappa shape index (κ1) is 11.3. The lowest BCUT2D eigenvalue weighted by atomic mass is 9.99. The van der Waals surface area contributed by atoms with Crippen LogP contribution >= 0.6 is 0 Å². The summed E-state index contributed by atoms with van der Waals surface area (Å²) in [6.07, 6.45) is 6.97. The van der Waals surface area contributed by atoms with Gasteiger partial charge < -0.3 is 9.36 Å². The number of aryl methyl sites for hydroxylation is 1. The minimum Gasteiger partial charge on any atom is -0.334 e. The molecule has 4 heteroatoms. The van der Waals surface area contributed by atoms with E-state index in [1.807, 2.05) is 12.4 Å². The van der Waals surface area contributed by atoms with Crippen molar-refractivity contribution in [2.24, 2.45) is 5.92 Å². The predicted octanol–water partition coefficient (Wildman–Crippen LogP) is 1.31. The summed E-state index contributed by atoms with van der Waals surface area (Å²) in [6, 6.07) is 0. The number of carbonyl (C=O) groups is 1. The number of rotatable bonds is 4. The summed E-state index contributed by atoms with van der Waals surface area (Å²) in [7, 11) is 0. The van der Waals surface area contributed by atoms with Crippen LogP contribution in [0.5, 0.6) is 0 Å². The minimum atomic E-state index is 0.280. The molecule has 88 valence electrons. The normalized spacial score (nSPS) is 18.8. The zero-order chi connectivity index (χ0) is 11.4. The zero-order valence-electron chi connectivity index (χ0n) is 9.80. The van der Waals surface area contributed by atoms with Crippen molar-refractivity contribution in [3.8, 4) is 0 Å². The highest BCUT2D eigenvalue weighted by atomic mass is 16.1. The van der Waals surface area contributed by atoms with E-state index in [1.54, 1.807) is 0 Å². The molecule has 0 N–H and O–H groups in total. The fourth-order valence-electron chi connectivity index (χ4n) is 2.23. The van der Waals surface area contributed by atoms with E-state index < -0.39 is 0 Å². The highest BCUT2D eigenvalue weighted by molar-refractivity contribution is 5.53. The third-order valence-corrected chi connectivity index (χ3v) is 3.33. The van der Waals surface area contributed by atoms with Gasteiger partial charge >= 0.3 is 0 Å². The number of aldehydes is 1. The number of carbonyl (C=O) groups excluding carboxylic acids is 1. The first-order chi connectivity index (χ1) is 7.83. The van der Waals surface area contributed by atoms with Crippen molar-refractivity contribution in [1.82, 2.24) is 14.5 Å². The quantitative estimate of drug-likeness (QED) is 0.720. The molecule has 0 radical (unpaired) electrons. The van der Waals surface area contributed by atoms with Crippen molar-refractivity contribution < 1.29 is 4.79 Å². The summed E-state index contributed by atoms with van der Waals surface area (Å²) >= 11 is 0. The number of likely N-dealkylation sites (tertiary alicyclic amines) is 1. The Hall–Kier alpha value is -1.16. The van der Waals surface area contributed by atoms with Gasteiger partial charge in [-0.25, -0.2) is 4.98 Å². The van der Waals surface area contributed by atoms with Gasteiger partial charge in [0.2, 0.25) is 0 Å². The minimum absolute atomic E-state index is 0.280. The highest BCUT2D eigenvalue weighted by Crippen LogP contribution is 2.16. The molecule has 0 aromatic carbocycles. The van der Waals surface area contributed by atoms with Crippen molar-refractivity contribution in [1.29, 1.82) is 0 Å². The van der Waals surface area contributed by atoms with Gasteiger partial charge in [-0.1, -0.05) is 0 Å². The van der Waals surface area contributed by atoms with Crippen molar-refractivity contribution >= 4 is 6.29 Å². The Morgan fingerprint density at radius 2 is 2.25 bits per heavy atom. The van der Waals surface area contributed by atoms with Crippen molar-refractivity contribution in [2.45, 2.75) is 32.9 Å². The molecule has 0 unspecified atom stereocenters. The average Bonchev–Trinajstić information content (AvgIpc) is 2.77. The number of hydrogen-bond acceptors (Lipinski definition) is 3. The first-order valence-electron chi connectivity index (χ1n) is 6.01. The van der Waals surface area contributed by atoms with Gasteiger partial charge in [0.1, 0.15) is 12.1 Å². The molecule has 1 aliphatic heterocycles. The molecular weight excluding hydrogens is 202 g/mol. The Kier molecular flexibility index (Phi) is 3.72. The second kappa shape index (κ2) is 5.25. The van der Waals surface area contributed by atoms with Crippen LogP contribution in [-0.4, -0.2) is 33.8 Å². The largest absolute Gasteiger partial charge is 0.334 e. The molecule has 1 aromatic rings. The third kappa shape index (κ3) is 2.50. The fraction of sp³-hybridized carbons (Fsp3) is 0.667. The van der Waals surface area contributed by atoms with E-state index in [2.05, 4.69) is 21.4 Å². The molecule has 1 aromatic heterocycles. The Morgan fingerprint density at radius 1 is 1.50 bits per heavy atom. The van der Waals surface area contributed by atoms with E-state index in [1.165, 1.54) is 0 Å². The summed E-state index contributed by atoms with van der Waals surface area (Å²) in [5.74, 6) is 1.41. The standard InChI is InChI=1S/C12H19N3O/c1-2-15-8-5-13-12(15)9-14-6-3-11(10-16)4-7-14/h5,8,10-11H,2-4,6-7,9H2,1H3. The van der Waals surface area contributed by atoms with Gasteiger partial charge in [-0.2, -0.15) is 0 Å². The van der Waals surface area contributed by atoms with E-state index >= 15 is 0 Å². The van der Waals surface area contributed by atoms with Crippen LogP contribution in [0.4, 0.5) is 0 Å². The van der Waals surface area contributed by atoms with Crippen LogP contribution in [0.3, 0.4) is 0 Å². The molecule has 0 amide bonds. The number of nitrogens with zero attached hydrogens (tertiary/aromatic N) is 3. The number of piperidine rings is 1. The van der Waals surface area contributed by atoms with Gasteiger partial charge in [0.15, 0.2) is 0 Å². The van der Waals surface area contributed by atoms with E-state index in [0.29, 0.717) is 0 Å². The van der Waals surface area contributed by atoms with Crippen LogP contribution in [0, 0.1) is 5.92 Å². The molecule has 0 saturated carbocycles. The Balaban J connectivity index is 1.89. The van der Waals surface area contributed by atoms with Crippen molar-refractivity contribution in [3.63, 3.8) is 0 Å². The van der Waals surface area contributed by atoms with E-state index in [9.17, 15) is 4.79 Å². The second-order valence-electron chi connectivity index (χ2n) is 4.38. The lowest BCUT2D eigenvalue weighted by molar-refractivity contribution is -0.112. The molecule has 0 aliphatic carbocycles. The van der Waals surface area contributed by atoms with Crippen LogP contribution in [0.25, 0.3) is 0 Å². The van der Waals surface area contributed by atoms with Gasteiger partial charge in [0.05, 0.1) is 6.54 Å². The predicted molar refractivity (Wildman–Crippen MR) is 62.0 cm³/mol. The van der Waals surface area contributed by atoms with Crippen molar-refractivity contribution in [2.75, 3.05) is 13.1 Å². The molecule has 2 rings (SSSR count). The van der Waals surface area contributed by atoms with Crippen LogP contribution in [0.15, 0.2) is 12.4 Å². The summed E-state index contributed by atoms with van der Waals surface area (Å²) in [5, 5.41) is 0. The van der Waals surface area contributed by atoms with E-state index in [-0.39, 0.29) is 5.92 Å². The van der Waals surface area contributed by atoms with Gasteiger partial charge in [-0.15, -0.1) is 0 Å². The maximum atomic E-state index is 10.6. The molecule has 0 bridgehead atoms.